The van der Waals surface area contributed by atoms with Crippen molar-refractivity contribution in [1.29, 1.82) is 0 Å². The maximum atomic E-state index is 11.2. The van der Waals surface area contributed by atoms with Gasteiger partial charge in [-0.2, -0.15) is 0 Å². The maximum absolute atomic E-state index is 11.2. The normalized spacial score (nSPS) is 9.79. The SMILES string of the molecule is CCCNC(=O)c1cc(C(=O)O)on1. The second kappa shape index (κ2) is 4.40. The van der Waals surface area contributed by atoms with Crippen molar-refractivity contribution in [1.82, 2.24) is 10.5 Å². The Morgan fingerprint density at radius 1 is 1.64 bits per heavy atom. The van der Waals surface area contributed by atoms with E-state index in [-0.39, 0.29) is 11.5 Å². The molecule has 6 nitrogen and oxygen atoms in total. The summed E-state index contributed by atoms with van der Waals surface area (Å²) in [6.45, 7) is 2.43. The lowest BCUT2D eigenvalue weighted by Crippen LogP contribution is -2.24. The molecule has 0 saturated carbocycles. The molecule has 1 amide bonds. The first-order valence-electron chi connectivity index (χ1n) is 4.13. The summed E-state index contributed by atoms with van der Waals surface area (Å²) in [7, 11) is 0. The van der Waals surface area contributed by atoms with Gasteiger partial charge in [-0.05, 0) is 6.42 Å². The summed E-state index contributed by atoms with van der Waals surface area (Å²) in [6, 6.07) is 1.09. The minimum Gasteiger partial charge on any atom is -0.475 e. The van der Waals surface area contributed by atoms with Crippen LogP contribution in [0.5, 0.6) is 0 Å². The molecular weight excluding hydrogens is 188 g/mol. The van der Waals surface area contributed by atoms with Gasteiger partial charge in [-0.1, -0.05) is 12.1 Å². The molecule has 1 aromatic heterocycles. The van der Waals surface area contributed by atoms with E-state index in [0.29, 0.717) is 6.54 Å². The average molecular weight is 198 g/mol. The lowest BCUT2D eigenvalue weighted by atomic mass is 10.3. The van der Waals surface area contributed by atoms with Crippen LogP contribution in [0.15, 0.2) is 10.6 Å². The van der Waals surface area contributed by atoms with Crippen LogP contribution >= 0.6 is 0 Å². The Labute approximate surface area is 79.9 Å². The van der Waals surface area contributed by atoms with Gasteiger partial charge in [-0.3, -0.25) is 4.79 Å². The Morgan fingerprint density at radius 2 is 2.36 bits per heavy atom. The highest BCUT2D eigenvalue weighted by molar-refractivity contribution is 5.94. The van der Waals surface area contributed by atoms with Gasteiger partial charge >= 0.3 is 5.97 Å². The van der Waals surface area contributed by atoms with E-state index in [9.17, 15) is 9.59 Å². The monoisotopic (exact) mass is 198 g/mol. The van der Waals surface area contributed by atoms with E-state index < -0.39 is 11.9 Å². The summed E-state index contributed by atoms with van der Waals surface area (Å²) in [4.78, 5) is 21.6. The Balaban J connectivity index is 2.66. The lowest BCUT2D eigenvalue weighted by molar-refractivity contribution is 0.0651. The highest BCUT2D eigenvalue weighted by atomic mass is 16.5. The van der Waals surface area contributed by atoms with Crippen molar-refractivity contribution < 1.29 is 19.2 Å². The van der Waals surface area contributed by atoms with E-state index >= 15 is 0 Å². The number of nitrogens with one attached hydrogen (secondary N) is 1. The Kier molecular flexibility index (Phi) is 3.22. The van der Waals surface area contributed by atoms with Crippen molar-refractivity contribution in [3.05, 3.63) is 17.5 Å². The Morgan fingerprint density at radius 3 is 2.86 bits per heavy atom. The number of nitrogens with zero attached hydrogens (tertiary/aromatic N) is 1. The molecule has 0 radical (unpaired) electrons. The molecule has 76 valence electrons. The molecule has 0 aliphatic heterocycles. The van der Waals surface area contributed by atoms with Gasteiger partial charge in [0.15, 0.2) is 5.69 Å². The van der Waals surface area contributed by atoms with Gasteiger partial charge in [-0.25, -0.2) is 4.79 Å². The number of carbonyl (C=O) groups excluding carboxylic acids is 1. The summed E-state index contributed by atoms with van der Waals surface area (Å²) < 4.78 is 4.42. The van der Waals surface area contributed by atoms with Crippen LogP contribution in [0.1, 0.15) is 34.4 Å². The zero-order chi connectivity index (χ0) is 10.6. The molecular formula is C8H10N2O4. The third-order valence-corrected chi connectivity index (χ3v) is 1.49. The molecule has 1 rings (SSSR count). The molecule has 1 heterocycles. The van der Waals surface area contributed by atoms with Crippen molar-refractivity contribution in [3.63, 3.8) is 0 Å². The van der Waals surface area contributed by atoms with Crippen molar-refractivity contribution in [3.8, 4) is 0 Å². The summed E-state index contributed by atoms with van der Waals surface area (Å²) >= 11 is 0. The first kappa shape index (κ1) is 10.2. The van der Waals surface area contributed by atoms with E-state index in [4.69, 9.17) is 5.11 Å². The van der Waals surface area contributed by atoms with Gasteiger partial charge in [0.2, 0.25) is 5.76 Å². The molecule has 0 atom stereocenters. The van der Waals surface area contributed by atoms with Gasteiger partial charge < -0.3 is 14.9 Å². The molecule has 0 aliphatic rings. The van der Waals surface area contributed by atoms with E-state index in [1.54, 1.807) is 0 Å². The minimum absolute atomic E-state index is 0.0177. The quantitative estimate of drug-likeness (QED) is 0.735. The summed E-state index contributed by atoms with van der Waals surface area (Å²) in [5.74, 6) is -2.01. The van der Waals surface area contributed by atoms with Crippen LogP contribution in [0.2, 0.25) is 0 Å². The second-order valence-corrected chi connectivity index (χ2v) is 2.64. The fourth-order valence-electron chi connectivity index (χ4n) is 0.812. The average Bonchev–Trinajstić information content (AvgIpc) is 2.62. The van der Waals surface area contributed by atoms with Crippen LogP contribution < -0.4 is 5.32 Å². The van der Waals surface area contributed by atoms with Crippen LogP contribution in [0.3, 0.4) is 0 Å². The fourth-order valence-corrected chi connectivity index (χ4v) is 0.812. The molecule has 0 fully saturated rings. The first-order valence-corrected chi connectivity index (χ1v) is 4.13. The summed E-state index contributed by atoms with van der Waals surface area (Å²) in [5.41, 5.74) is -0.0177. The number of carboxylic acids is 1. The number of carbonyl (C=O) groups is 2. The summed E-state index contributed by atoms with van der Waals surface area (Å²) in [6.07, 6.45) is 0.801. The smallest absolute Gasteiger partial charge is 0.374 e. The Hall–Kier alpha value is -1.85. The molecule has 0 spiro atoms. The molecule has 2 N–H and O–H groups in total. The van der Waals surface area contributed by atoms with Crippen LogP contribution in [0.25, 0.3) is 0 Å². The van der Waals surface area contributed by atoms with Crippen molar-refractivity contribution in [2.75, 3.05) is 6.54 Å². The van der Waals surface area contributed by atoms with Gasteiger partial charge in [-0.15, -0.1) is 0 Å². The molecule has 14 heavy (non-hydrogen) atoms. The number of amides is 1. The molecule has 0 aromatic carbocycles. The zero-order valence-electron chi connectivity index (χ0n) is 7.61. The van der Waals surface area contributed by atoms with E-state index in [1.165, 1.54) is 0 Å². The minimum atomic E-state index is -1.24. The second-order valence-electron chi connectivity index (χ2n) is 2.64. The number of aromatic nitrogens is 1. The van der Waals surface area contributed by atoms with E-state index in [2.05, 4.69) is 15.0 Å². The van der Waals surface area contributed by atoms with E-state index in [0.717, 1.165) is 12.5 Å². The molecule has 0 saturated heterocycles. The predicted molar refractivity (Wildman–Crippen MR) is 46.1 cm³/mol. The number of aromatic carboxylic acids is 1. The number of hydrogen-bond acceptors (Lipinski definition) is 4. The van der Waals surface area contributed by atoms with Gasteiger partial charge in [0.05, 0.1) is 0 Å². The molecule has 1 aromatic rings. The number of carboxylic acid groups (broad SMARTS) is 1. The maximum Gasteiger partial charge on any atom is 0.374 e. The van der Waals surface area contributed by atoms with Crippen LogP contribution in [0, 0.1) is 0 Å². The van der Waals surface area contributed by atoms with Crippen molar-refractivity contribution in [2.45, 2.75) is 13.3 Å². The Bertz CT molecular complexity index is 345. The third-order valence-electron chi connectivity index (χ3n) is 1.49. The standard InChI is InChI=1S/C8H10N2O4/c1-2-3-9-7(11)5-4-6(8(12)13)14-10-5/h4H,2-3H2,1H3,(H,9,11)(H,12,13). The highest BCUT2D eigenvalue weighted by Gasteiger charge is 2.15. The van der Waals surface area contributed by atoms with Gasteiger partial charge in [0.1, 0.15) is 0 Å². The third kappa shape index (κ3) is 2.32. The van der Waals surface area contributed by atoms with Crippen LogP contribution in [0.4, 0.5) is 0 Å². The molecule has 0 bridgehead atoms. The fraction of sp³-hybridized carbons (Fsp3) is 0.375. The van der Waals surface area contributed by atoms with Gasteiger partial charge in [0, 0.05) is 12.6 Å². The lowest BCUT2D eigenvalue weighted by Gasteiger charge is -1.97. The highest BCUT2D eigenvalue weighted by Crippen LogP contribution is 2.02. The largest absolute Gasteiger partial charge is 0.475 e. The van der Waals surface area contributed by atoms with Crippen LogP contribution in [-0.2, 0) is 0 Å². The number of rotatable bonds is 4. The van der Waals surface area contributed by atoms with Gasteiger partial charge in [0.25, 0.3) is 5.91 Å². The topological polar surface area (TPSA) is 92.4 Å². The summed E-state index contributed by atoms with van der Waals surface area (Å²) in [5, 5.41) is 14.4. The van der Waals surface area contributed by atoms with Crippen molar-refractivity contribution in [2.24, 2.45) is 0 Å². The van der Waals surface area contributed by atoms with Crippen molar-refractivity contribution >= 4 is 11.9 Å². The van der Waals surface area contributed by atoms with E-state index in [1.807, 2.05) is 6.92 Å². The number of hydrogen-bond donors (Lipinski definition) is 2. The molecule has 0 aliphatic carbocycles. The molecule has 0 unspecified atom stereocenters. The first-order chi connectivity index (χ1) is 6.65. The predicted octanol–water partition coefficient (Wildman–Crippen LogP) is 0.513. The van der Waals surface area contributed by atoms with Crippen LogP contribution in [-0.4, -0.2) is 28.7 Å². The molecule has 6 heteroatoms. The zero-order valence-corrected chi connectivity index (χ0v) is 7.61.